The number of rotatable bonds is 4. The fourth-order valence-electron chi connectivity index (χ4n) is 1.96. The zero-order chi connectivity index (χ0) is 15.6. The van der Waals surface area contributed by atoms with Crippen LogP contribution in [-0.2, 0) is 19.1 Å². The molecule has 1 aliphatic heterocycles. The summed E-state index contributed by atoms with van der Waals surface area (Å²) in [5.74, 6) is -0.714. The van der Waals surface area contributed by atoms with Crippen molar-refractivity contribution < 1.29 is 28.5 Å². The Hall–Kier alpha value is -2.70. The van der Waals surface area contributed by atoms with Crippen LogP contribution in [0.25, 0.3) is 0 Å². The van der Waals surface area contributed by atoms with Gasteiger partial charge in [0.1, 0.15) is 11.5 Å². The van der Waals surface area contributed by atoms with Crippen LogP contribution in [-0.4, -0.2) is 26.0 Å². The minimum Gasteiger partial charge on any atom is -0.497 e. The van der Waals surface area contributed by atoms with Gasteiger partial charge in [-0.25, -0.2) is 0 Å². The normalized spacial score (nSPS) is 17.5. The number of carbonyl (C=O) groups is 2. The van der Waals surface area contributed by atoms with Crippen LogP contribution in [0.4, 0.5) is 0 Å². The highest BCUT2D eigenvalue weighted by Crippen LogP contribution is 2.37. The molecule has 2 N–H and O–H groups in total. The van der Waals surface area contributed by atoms with Gasteiger partial charge in [-0.15, -0.1) is 0 Å². The smallest absolute Gasteiger partial charge is 0.308 e. The highest BCUT2D eigenvalue weighted by molar-refractivity contribution is 6.01. The molecular weight excluding hydrogens is 278 g/mol. The molecule has 0 aromatic heterocycles. The van der Waals surface area contributed by atoms with Crippen molar-refractivity contribution in [2.75, 3.05) is 14.2 Å². The summed E-state index contributed by atoms with van der Waals surface area (Å²) in [6, 6.07) is 4.91. The first-order valence-corrected chi connectivity index (χ1v) is 6.09. The Balaban J connectivity index is 2.33. The van der Waals surface area contributed by atoms with E-state index in [0.717, 1.165) is 0 Å². The predicted octanol–water partition coefficient (Wildman–Crippen LogP) is 1.04. The molecule has 0 amide bonds. The number of hydrogen-bond acceptors (Lipinski definition) is 7. The third kappa shape index (κ3) is 2.76. The highest BCUT2D eigenvalue weighted by atomic mass is 16.6. The molecule has 7 nitrogen and oxygen atoms in total. The molecule has 0 radical (unpaired) electrons. The maximum absolute atomic E-state index is 12.2. The molecule has 0 aliphatic carbocycles. The SMILES string of the molecule is COc1ccc(C2OC(N)=C(OC(C)=O)C2=O)c(OC)c1. The van der Waals surface area contributed by atoms with Gasteiger partial charge in [0.25, 0.3) is 0 Å². The first kappa shape index (κ1) is 14.7. The van der Waals surface area contributed by atoms with E-state index in [9.17, 15) is 9.59 Å². The lowest BCUT2D eigenvalue weighted by Crippen LogP contribution is -2.14. The van der Waals surface area contributed by atoms with Crippen LogP contribution in [0.2, 0.25) is 0 Å². The molecule has 0 saturated carbocycles. The average molecular weight is 293 g/mol. The Morgan fingerprint density at radius 3 is 2.57 bits per heavy atom. The van der Waals surface area contributed by atoms with Gasteiger partial charge in [0.2, 0.25) is 17.4 Å². The molecule has 1 aromatic rings. The lowest BCUT2D eigenvalue weighted by molar-refractivity contribution is -0.140. The summed E-state index contributed by atoms with van der Waals surface area (Å²) in [5.41, 5.74) is 6.05. The van der Waals surface area contributed by atoms with Gasteiger partial charge in [0, 0.05) is 18.6 Å². The van der Waals surface area contributed by atoms with Crippen LogP contribution in [0.1, 0.15) is 18.6 Å². The second-order valence-corrected chi connectivity index (χ2v) is 4.26. The average Bonchev–Trinajstić information content (AvgIpc) is 2.74. The zero-order valence-electron chi connectivity index (χ0n) is 11.8. The number of Topliss-reactive ketones (excluding diaryl/α,β-unsaturated/α-hetero) is 1. The van der Waals surface area contributed by atoms with Crippen molar-refractivity contribution in [2.24, 2.45) is 5.73 Å². The van der Waals surface area contributed by atoms with E-state index in [0.29, 0.717) is 17.1 Å². The largest absolute Gasteiger partial charge is 0.497 e. The van der Waals surface area contributed by atoms with Gasteiger partial charge >= 0.3 is 5.97 Å². The summed E-state index contributed by atoms with van der Waals surface area (Å²) in [6.45, 7) is 1.18. The second-order valence-electron chi connectivity index (χ2n) is 4.26. The van der Waals surface area contributed by atoms with Gasteiger partial charge in [-0.3, -0.25) is 9.59 Å². The topological polar surface area (TPSA) is 97.1 Å². The van der Waals surface area contributed by atoms with Crippen molar-refractivity contribution in [1.29, 1.82) is 0 Å². The Labute approximate surface area is 121 Å². The van der Waals surface area contributed by atoms with Crippen LogP contribution in [0, 0.1) is 0 Å². The lowest BCUT2D eigenvalue weighted by Gasteiger charge is -2.15. The number of methoxy groups -OCH3 is 2. The molecule has 1 atom stereocenters. The Morgan fingerprint density at radius 1 is 1.29 bits per heavy atom. The van der Waals surface area contributed by atoms with Gasteiger partial charge in [-0.2, -0.15) is 0 Å². The van der Waals surface area contributed by atoms with Crippen LogP contribution in [0.5, 0.6) is 11.5 Å². The van der Waals surface area contributed by atoms with Crippen molar-refractivity contribution in [3.8, 4) is 11.5 Å². The number of carbonyl (C=O) groups excluding carboxylic acids is 2. The van der Waals surface area contributed by atoms with Crippen molar-refractivity contribution in [1.82, 2.24) is 0 Å². The summed E-state index contributed by atoms with van der Waals surface area (Å²) < 4.78 is 20.4. The minimum atomic E-state index is -1.01. The van der Waals surface area contributed by atoms with E-state index in [1.165, 1.54) is 21.1 Å². The third-order valence-electron chi connectivity index (χ3n) is 2.90. The Morgan fingerprint density at radius 2 is 2.00 bits per heavy atom. The van der Waals surface area contributed by atoms with Crippen molar-refractivity contribution in [3.63, 3.8) is 0 Å². The van der Waals surface area contributed by atoms with Crippen LogP contribution in [0.15, 0.2) is 29.8 Å². The predicted molar refractivity (Wildman–Crippen MR) is 71.4 cm³/mol. The fourth-order valence-corrected chi connectivity index (χ4v) is 1.96. The van der Waals surface area contributed by atoms with E-state index < -0.39 is 17.9 Å². The molecule has 0 bridgehead atoms. The number of nitrogens with two attached hydrogens (primary N) is 1. The summed E-state index contributed by atoms with van der Waals surface area (Å²) in [5, 5.41) is 0. The quantitative estimate of drug-likeness (QED) is 0.828. The van der Waals surface area contributed by atoms with Gasteiger partial charge in [-0.05, 0) is 12.1 Å². The standard InChI is InChI=1S/C14H15NO6/c1-7(16)20-13-11(17)12(21-14(13)15)9-5-4-8(18-2)6-10(9)19-3/h4-6,12H,15H2,1-3H3. The summed E-state index contributed by atoms with van der Waals surface area (Å²) in [7, 11) is 2.98. The molecule has 2 rings (SSSR count). The first-order chi connectivity index (χ1) is 9.97. The lowest BCUT2D eigenvalue weighted by atomic mass is 10.0. The van der Waals surface area contributed by atoms with Crippen molar-refractivity contribution in [3.05, 3.63) is 35.4 Å². The minimum absolute atomic E-state index is 0.224. The van der Waals surface area contributed by atoms with Gasteiger partial charge in [0.05, 0.1) is 14.2 Å². The molecule has 112 valence electrons. The molecule has 1 unspecified atom stereocenters. The molecule has 7 heteroatoms. The second kappa shape index (κ2) is 5.74. The molecule has 0 spiro atoms. The molecule has 1 aromatic carbocycles. The van der Waals surface area contributed by atoms with E-state index in [1.807, 2.05) is 0 Å². The highest BCUT2D eigenvalue weighted by Gasteiger charge is 2.39. The van der Waals surface area contributed by atoms with Crippen LogP contribution >= 0.6 is 0 Å². The molecule has 1 aliphatic rings. The molecule has 0 saturated heterocycles. The van der Waals surface area contributed by atoms with E-state index in [1.54, 1.807) is 18.2 Å². The van der Waals surface area contributed by atoms with Crippen molar-refractivity contribution in [2.45, 2.75) is 13.0 Å². The monoisotopic (exact) mass is 293 g/mol. The summed E-state index contributed by atoms with van der Waals surface area (Å²) in [6.07, 6.45) is -1.01. The fraction of sp³-hybridized carbons (Fsp3) is 0.286. The Kier molecular flexibility index (Phi) is 4.02. The van der Waals surface area contributed by atoms with Gasteiger partial charge < -0.3 is 24.7 Å². The summed E-state index contributed by atoms with van der Waals surface area (Å²) in [4.78, 5) is 23.2. The van der Waals surface area contributed by atoms with Gasteiger partial charge in [-0.1, -0.05) is 0 Å². The van der Waals surface area contributed by atoms with Gasteiger partial charge in [0.15, 0.2) is 6.10 Å². The van der Waals surface area contributed by atoms with E-state index in [2.05, 4.69) is 0 Å². The number of hydrogen-bond donors (Lipinski definition) is 1. The molecule has 0 fully saturated rings. The number of ketones is 1. The van der Waals surface area contributed by atoms with E-state index in [4.69, 9.17) is 24.7 Å². The number of esters is 1. The maximum atomic E-state index is 12.2. The van der Waals surface area contributed by atoms with Crippen LogP contribution < -0.4 is 15.2 Å². The molecule has 1 heterocycles. The first-order valence-electron chi connectivity index (χ1n) is 6.09. The van der Waals surface area contributed by atoms with E-state index >= 15 is 0 Å². The summed E-state index contributed by atoms with van der Waals surface area (Å²) >= 11 is 0. The Bertz CT molecular complexity index is 622. The molecular formula is C14H15NO6. The molecule has 21 heavy (non-hydrogen) atoms. The van der Waals surface area contributed by atoms with E-state index in [-0.39, 0.29) is 11.6 Å². The third-order valence-corrected chi connectivity index (χ3v) is 2.90. The maximum Gasteiger partial charge on any atom is 0.308 e. The zero-order valence-corrected chi connectivity index (χ0v) is 11.8. The van der Waals surface area contributed by atoms with Crippen LogP contribution in [0.3, 0.4) is 0 Å². The van der Waals surface area contributed by atoms with Crippen molar-refractivity contribution >= 4 is 11.8 Å². The number of benzene rings is 1. The number of ether oxygens (including phenoxy) is 4.